The van der Waals surface area contributed by atoms with E-state index in [0.29, 0.717) is 16.7 Å². The van der Waals surface area contributed by atoms with Gasteiger partial charge in [-0.3, -0.25) is 0 Å². The van der Waals surface area contributed by atoms with Crippen molar-refractivity contribution in [1.82, 2.24) is 9.13 Å². The average molecular weight is 672 g/mol. The highest BCUT2D eigenvalue weighted by molar-refractivity contribution is 6.12. The first-order valence-corrected chi connectivity index (χ1v) is 17.5. The summed E-state index contributed by atoms with van der Waals surface area (Å²) in [5.74, 6) is 0. The molecule has 6 aromatic carbocycles. The maximum atomic E-state index is 10.7. The van der Waals surface area contributed by atoms with Gasteiger partial charge in [-0.25, -0.2) is 0 Å². The lowest BCUT2D eigenvalue weighted by molar-refractivity contribution is 0.591. The minimum absolute atomic E-state index is 0.0503. The Balaban J connectivity index is 1.59. The van der Waals surface area contributed by atoms with Crippen LogP contribution in [-0.2, 0) is 10.8 Å². The summed E-state index contributed by atoms with van der Waals surface area (Å²) in [6, 6.07) is 46.3. The fraction of sp³-hybridized carbons (Fsp3) is 0.170. The Kier molecular flexibility index (Phi) is 7.35. The Bertz CT molecular complexity index is 2710. The number of benzene rings is 6. The molecule has 0 radical (unpaired) electrons. The van der Waals surface area contributed by atoms with Gasteiger partial charge in [-0.15, -0.1) is 0 Å². The second-order valence-electron chi connectivity index (χ2n) is 15.7. The fourth-order valence-corrected chi connectivity index (χ4v) is 7.62. The maximum Gasteiger partial charge on any atom is 0.0993 e. The average Bonchev–Trinajstić information content (AvgIpc) is 3.65. The third-order valence-corrected chi connectivity index (χ3v) is 10.3. The largest absolute Gasteiger partial charge is 0.308 e. The standard InChI is InChI=1S/C47H37N5/c1-46(2,3)33-15-17-41-37(24-33)35-11-7-9-13-39(35)51(41)43-22-31(28-50)23-44(45(43)32-20-29(26-48)19-30(21-32)27-49)52-40-14-10-8-12-36(40)38-25-34(47(4,5)6)16-18-42(38)52/h7-25H,1-6H3. The molecular weight excluding hydrogens is 635 g/mol. The molecule has 0 fully saturated rings. The number of nitrogens with zero attached hydrogens (tertiary/aromatic N) is 5. The highest BCUT2D eigenvalue weighted by atomic mass is 15.0. The highest BCUT2D eigenvalue weighted by Gasteiger charge is 2.25. The van der Waals surface area contributed by atoms with Gasteiger partial charge >= 0.3 is 0 Å². The second kappa shape index (κ2) is 11.7. The molecule has 0 spiro atoms. The molecule has 8 aromatic rings. The van der Waals surface area contributed by atoms with E-state index in [1.807, 2.05) is 36.4 Å². The lowest BCUT2D eigenvalue weighted by atomic mass is 9.86. The molecule has 0 bridgehead atoms. The molecule has 2 heterocycles. The normalized spacial score (nSPS) is 12.0. The molecule has 0 unspecified atom stereocenters. The van der Waals surface area contributed by atoms with Crippen molar-refractivity contribution >= 4 is 43.6 Å². The van der Waals surface area contributed by atoms with Gasteiger partial charge < -0.3 is 9.13 Å². The molecule has 0 N–H and O–H groups in total. The summed E-state index contributed by atoms with van der Waals surface area (Å²) in [6.45, 7) is 13.3. The van der Waals surface area contributed by atoms with E-state index in [1.54, 1.807) is 6.07 Å². The van der Waals surface area contributed by atoms with E-state index in [0.717, 1.165) is 66.1 Å². The van der Waals surface area contributed by atoms with Gasteiger partial charge in [-0.1, -0.05) is 90.1 Å². The first-order chi connectivity index (χ1) is 24.9. The van der Waals surface area contributed by atoms with Crippen LogP contribution in [0.2, 0.25) is 0 Å². The number of rotatable bonds is 3. The van der Waals surface area contributed by atoms with E-state index in [1.165, 1.54) is 11.1 Å². The van der Waals surface area contributed by atoms with Crippen molar-refractivity contribution in [3.63, 3.8) is 0 Å². The number of hydrogen-bond donors (Lipinski definition) is 0. The minimum Gasteiger partial charge on any atom is -0.308 e. The number of aromatic nitrogens is 2. The zero-order valence-corrected chi connectivity index (χ0v) is 30.2. The number of hydrogen-bond acceptors (Lipinski definition) is 3. The van der Waals surface area contributed by atoms with Crippen molar-refractivity contribution < 1.29 is 0 Å². The molecular formula is C47H37N5. The van der Waals surface area contributed by atoms with Gasteiger partial charge in [-0.2, -0.15) is 15.8 Å². The summed E-state index contributed by atoms with van der Waals surface area (Å²) in [6.07, 6.45) is 0. The van der Waals surface area contributed by atoms with Crippen LogP contribution in [0.15, 0.2) is 115 Å². The molecule has 0 aliphatic heterocycles. The SMILES string of the molecule is CC(C)(C)c1ccc2c(c1)c1ccccc1n2-c1cc(C#N)cc(-n2c3ccccc3c3cc(C(C)(C)C)ccc32)c1-c1cc(C#N)cc(C#N)c1. The number of fused-ring (bicyclic) bond motifs is 6. The van der Waals surface area contributed by atoms with E-state index >= 15 is 0 Å². The molecule has 0 atom stereocenters. The van der Waals surface area contributed by atoms with Gasteiger partial charge in [0.25, 0.3) is 0 Å². The Morgan fingerprint density at radius 1 is 0.423 bits per heavy atom. The Morgan fingerprint density at radius 2 is 0.808 bits per heavy atom. The molecule has 0 amide bonds. The number of nitriles is 3. The van der Waals surface area contributed by atoms with Crippen LogP contribution in [0.25, 0.3) is 66.1 Å². The first kappa shape index (κ1) is 32.6. The Labute approximate surface area is 303 Å². The summed E-state index contributed by atoms with van der Waals surface area (Å²) in [7, 11) is 0. The van der Waals surface area contributed by atoms with Crippen molar-refractivity contribution in [2.75, 3.05) is 0 Å². The van der Waals surface area contributed by atoms with Crippen molar-refractivity contribution in [2.24, 2.45) is 0 Å². The van der Waals surface area contributed by atoms with Crippen LogP contribution in [0.4, 0.5) is 0 Å². The molecule has 52 heavy (non-hydrogen) atoms. The zero-order valence-electron chi connectivity index (χ0n) is 30.2. The first-order valence-electron chi connectivity index (χ1n) is 17.5. The second-order valence-corrected chi connectivity index (χ2v) is 15.7. The van der Waals surface area contributed by atoms with Crippen LogP contribution in [-0.4, -0.2) is 9.13 Å². The van der Waals surface area contributed by atoms with E-state index < -0.39 is 0 Å². The Morgan fingerprint density at radius 3 is 1.21 bits per heavy atom. The molecule has 8 rings (SSSR count). The summed E-state index contributed by atoms with van der Waals surface area (Å²) in [5.41, 5.74) is 10.8. The van der Waals surface area contributed by atoms with Crippen LogP contribution < -0.4 is 0 Å². The zero-order chi connectivity index (χ0) is 36.5. The van der Waals surface area contributed by atoms with E-state index in [2.05, 4.69) is 142 Å². The highest BCUT2D eigenvalue weighted by Crippen LogP contribution is 2.44. The smallest absolute Gasteiger partial charge is 0.0993 e. The summed E-state index contributed by atoms with van der Waals surface area (Å²) in [5, 5.41) is 35.4. The van der Waals surface area contributed by atoms with E-state index in [4.69, 9.17) is 0 Å². The van der Waals surface area contributed by atoms with E-state index in [-0.39, 0.29) is 10.8 Å². The maximum absolute atomic E-state index is 10.7. The molecule has 0 saturated carbocycles. The van der Waals surface area contributed by atoms with Crippen LogP contribution in [0, 0.1) is 34.0 Å². The van der Waals surface area contributed by atoms with Crippen LogP contribution >= 0.6 is 0 Å². The fourth-order valence-electron chi connectivity index (χ4n) is 7.62. The molecule has 250 valence electrons. The topological polar surface area (TPSA) is 81.2 Å². The molecule has 2 aromatic heterocycles. The summed E-state index contributed by atoms with van der Waals surface area (Å²) in [4.78, 5) is 0. The third kappa shape index (κ3) is 5.12. The van der Waals surface area contributed by atoms with Crippen LogP contribution in [0.1, 0.15) is 69.4 Å². The predicted octanol–water partition coefficient (Wildman–Crippen LogP) is 11.8. The molecule has 0 saturated heterocycles. The quantitative estimate of drug-likeness (QED) is 0.187. The van der Waals surface area contributed by atoms with Gasteiger partial charge in [0.05, 0.1) is 68.3 Å². The molecule has 5 nitrogen and oxygen atoms in total. The molecule has 5 heteroatoms. The van der Waals surface area contributed by atoms with Gasteiger partial charge in [0, 0.05) is 27.1 Å². The van der Waals surface area contributed by atoms with Crippen molar-refractivity contribution in [3.05, 3.63) is 143 Å². The van der Waals surface area contributed by atoms with Gasteiger partial charge in [0.15, 0.2) is 0 Å². The summed E-state index contributed by atoms with van der Waals surface area (Å²) < 4.78 is 4.49. The monoisotopic (exact) mass is 671 g/mol. The third-order valence-electron chi connectivity index (χ3n) is 10.3. The molecule has 0 aliphatic rings. The predicted molar refractivity (Wildman–Crippen MR) is 212 cm³/mol. The van der Waals surface area contributed by atoms with Crippen LogP contribution in [0.5, 0.6) is 0 Å². The van der Waals surface area contributed by atoms with Gasteiger partial charge in [0.1, 0.15) is 0 Å². The van der Waals surface area contributed by atoms with E-state index in [9.17, 15) is 15.8 Å². The molecule has 0 aliphatic carbocycles. The lowest BCUT2D eigenvalue weighted by Gasteiger charge is -2.22. The van der Waals surface area contributed by atoms with Gasteiger partial charge in [-0.05, 0) is 94.3 Å². The minimum atomic E-state index is -0.0503. The van der Waals surface area contributed by atoms with Crippen LogP contribution in [0.3, 0.4) is 0 Å². The van der Waals surface area contributed by atoms with Crippen molar-refractivity contribution in [1.29, 1.82) is 15.8 Å². The number of para-hydroxylation sites is 2. The van der Waals surface area contributed by atoms with Crippen molar-refractivity contribution in [2.45, 2.75) is 52.4 Å². The Hall–Kier alpha value is -6.61. The lowest BCUT2D eigenvalue weighted by Crippen LogP contribution is -2.10. The summed E-state index contributed by atoms with van der Waals surface area (Å²) >= 11 is 0. The van der Waals surface area contributed by atoms with Crippen molar-refractivity contribution in [3.8, 4) is 40.7 Å². The van der Waals surface area contributed by atoms with Gasteiger partial charge in [0.2, 0.25) is 0 Å².